The largest absolute Gasteiger partial charge is 0.534 e. The lowest BCUT2D eigenvalue weighted by molar-refractivity contribution is -0.150. The molecular weight excluding hydrogens is 423 g/mol. The standard InChI is InChI=1S/C16H22F3NO8S/c1-15(2,3)27-14(22)20-8-9-7-10(28-29(23,24)16(17,18)19)5-6-26-12(9)11(20)13(21)25-4/h5,9,11-12H,6-8H2,1-4H3/t9-,11?,12?/m0/s1. The number of alkyl halides is 3. The molecule has 0 bridgehead atoms. The molecule has 0 aromatic carbocycles. The van der Waals surface area contributed by atoms with Gasteiger partial charge >= 0.3 is 27.7 Å². The number of ether oxygens (including phenoxy) is 3. The molecular formula is C16H22F3NO8S. The minimum Gasteiger partial charge on any atom is -0.467 e. The third kappa shape index (κ3) is 5.32. The second-order valence-corrected chi connectivity index (χ2v) is 9.05. The number of methoxy groups -OCH3 is 1. The highest BCUT2D eigenvalue weighted by Gasteiger charge is 2.53. The van der Waals surface area contributed by atoms with Crippen molar-refractivity contribution in [2.24, 2.45) is 5.92 Å². The molecule has 2 aliphatic rings. The van der Waals surface area contributed by atoms with Gasteiger partial charge in [0, 0.05) is 18.9 Å². The molecule has 0 aliphatic carbocycles. The third-order valence-corrected chi connectivity index (χ3v) is 5.18. The lowest BCUT2D eigenvalue weighted by Crippen LogP contribution is -2.48. The van der Waals surface area contributed by atoms with Crippen molar-refractivity contribution in [1.29, 1.82) is 0 Å². The molecule has 3 atom stereocenters. The van der Waals surface area contributed by atoms with Crippen molar-refractivity contribution in [1.82, 2.24) is 4.90 Å². The van der Waals surface area contributed by atoms with Crippen LogP contribution in [0.3, 0.4) is 0 Å². The Kier molecular flexibility index (Phi) is 6.43. The zero-order chi connectivity index (χ0) is 22.2. The van der Waals surface area contributed by atoms with Gasteiger partial charge in [0.2, 0.25) is 0 Å². The molecule has 1 fully saturated rings. The minimum atomic E-state index is -5.85. The average Bonchev–Trinajstić information content (AvgIpc) is 2.78. The normalized spacial score (nSPS) is 25.6. The summed E-state index contributed by atoms with van der Waals surface area (Å²) in [5.41, 5.74) is -6.45. The van der Waals surface area contributed by atoms with E-state index in [4.69, 9.17) is 14.2 Å². The molecule has 1 amide bonds. The van der Waals surface area contributed by atoms with Crippen LogP contribution in [0, 0.1) is 5.92 Å². The van der Waals surface area contributed by atoms with Gasteiger partial charge in [0.15, 0.2) is 6.04 Å². The first-order chi connectivity index (χ1) is 13.2. The fourth-order valence-electron chi connectivity index (χ4n) is 3.05. The molecule has 0 aromatic rings. The number of carbonyl (C=O) groups excluding carboxylic acids is 2. The number of likely N-dealkylation sites (tertiary alicyclic amines) is 1. The van der Waals surface area contributed by atoms with Gasteiger partial charge in [-0.2, -0.15) is 21.6 Å². The molecule has 166 valence electrons. The van der Waals surface area contributed by atoms with E-state index in [9.17, 15) is 31.2 Å². The lowest BCUT2D eigenvalue weighted by Gasteiger charge is -2.28. The highest BCUT2D eigenvalue weighted by atomic mass is 32.2. The van der Waals surface area contributed by atoms with Crippen molar-refractivity contribution < 1.29 is 49.6 Å². The van der Waals surface area contributed by atoms with Gasteiger partial charge in [0.25, 0.3) is 0 Å². The predicted octanol–water partition coefficient (Wildman–Crippen LogP) is 1.93. The number of esters is 1. The van der Waals surface area contributed by atoms with Gasteiger partial charge in [-0.15, -0.1) is 0 Å². The third-order valence-electron chi connectivity index (χ3n) is 4.18. The molecule has 2 aliphatic heterocycles. The van der Waals surface area contributed by atoms with E-state index in [1.165, 1.54) is 0 Å². The summed E-state index contributed by atoms with van der Waals surface area (Å²) < 4.78 is 80.1. The predicted molar refractivity (Wildman–Crippen MR) is 90.7 cm³/mol. The van der Waals surface area contributed by atoms with Crippen LogP contribution in [-0.2, 0) is 33.3 Å². The first kappa shape index (κ1) is 23.3. The maximum absolute atomic E-state index is 12.6. The van der Waals surface area contributed by atoms with Gasteiger partial charge in [-0.3, -0.25) is 4.90 Å². The maximum Gasteiger partial charge on any atom is 0.534 e. The van der Waals surface area contributed by atoms with Crippen molar-refractivity contribution in [2.75, 3.05) is 20.3 Å². The maximum atomic E-state index is 12.6. The minimum absolute atomic E-state index is 0.133. The van der Waals surface area contributed by atoms with E-state index in [2.05, 4.69) is 4.18 Å². The second kappa shape index (κ2) is 8.01. The molecule has 13 heteroatoms. The van der Waals surface area contributed by atoms with Gasteiger partial charge in [-0.05, 0) is 26.8 Å². The first-order valence-electron chi connectivity index (χ1n) is 8.55. The Balaban J connectivity index is 2.25. The Morgan fingerprint density at radius 1 is 1.24 bits per heavy atom. The van der Waals surface area contributed by atoms with Crippen LogP contribution in [0.15, 0.2) is 11.8 Å². The Bertz CT molecular complexity index is 787. The lowest BCUT2D eigenvalue weighted by atomic mass is 9.98. The summed E-state index contributed by atoms with van der Waals surface area (Å²) in [5, 5.41) is 0. The van der Waals surface area contributed by atoms with E-state index >= 15 is 0 Å². The number of halogens is 3. The monoisotopic (exact) mass is 445 g/mol. The van der Waals surface area contributed by atoms with E-state index < -0.39 is 57.1 Å². The molecule has 0 N–H and O–H groups in total. The van der Waals surface area contributed by atoms with E-state index in [-0.39, 0.29) is 19.6 Å². The van der Waals surface area contributed by atoms with Crippen molar-refractivity contribution in [3.05, 3.63) is 11.8 Å². The topological polar surface area (TPSA) is 108 Å². The summed E-state index contributed by atoms with van der Waals surface area (Å²) in [7, 11) is -4.74. The quantitative estimate of drug-likeness (QED) is 0.368. The summed E-state index contributed by atoms with van der Waals surface area (Å²) in [6.07, 6.45) is -1.03. The van der Waals surface area contributed by atoms with Crippen LogP contribution in [-0.4, -0.2) is 68.9 Å². The van der Waals surface area contributed by atoms with Crippen LogP contribution in [0.1, 0.15) is 27.2 Å². The van der Waals surface area contributed by atoms with Crippen LogP contribution in [0.25, 0.3) is 0 Å². The van der Waals surface area contributed by atoms with Crippen molar-refractivity contribution >= 4 is 22.2 Å². The van der Waals surface area contributed by atoms with E-state index in [1.54, 1.807) is 20.8 Å². The molecule has 0 spiro atoms. The summed E-state index contributed by atoms with van der Waals surface area (Å²) in [6.45, 7) is 4.42. The number of hydrogen-bond acceptors (Lipinski definition) is 8. The molecule has 0 saturated carbocycles. The average molecular weight is 445 g/mol. The molecule has 2 unspecified atom stereocenters. The van der Waals surface area contributed by atoms with Gasteiger partial charge in [0.05, 0.1) is 19.8 Å². The van der Waals surface area contributed by atoms with Gasteiger partial charge in [-0.1, -0.05) is 0 Å². The zero-order valence-electron chi connectivity index (χ0n) is 16.2. The molecule has 1 saturated heterocycles. The van der Waals surface area contributed by atoms with E-state index in [0.717, 1.165) is 18.1 Å². The van der Waals surface area contributed by atoms with Gasteiger partial charge in [-0.25, -0.2) is 9.59 Å². The number of amides is 1. The number of hydrogen-bond donors (Lipinski definition) is 0. The van der Waals surface area contributed by atoms with Crippen LogP contribution >= 0.6 is 0 Å². The summed E-state index contributed by atoms with van der Waals surface area (Å²) in [6, 6.07) is -1.20. The van der Waals surface area contributed by atoms with Crippen LogP contribution in [0.4, 0.5) is 18.0 Å². The van der Waals surface area contributed by atoms with E-state index in [1.807, 2.05) is 0 Å². The summed E-state index contributed by atoms with van der Waals surface area (Å²) in [4.78, 5) is 25.8. The molecule has 9 nitrogen and oxygen atoms in total. The highest BCUT2D eigenvalue weighted by molar-refractivity contribution is 7.87. The zero-order valence-corrected chi connectivity index (χ0v) is 17.0. The number of rotatable bonds is 3. The Morgan fingerprint density at radius 3 is 2.38 bits per heavy atom. The van der Waals surface area contributed by atoms with Crippen molar-refractivity contribution in [2.45, 2.75) is 50.4 Å². The molecule has 0 radical (unpaired) electrons. The molecule has 0 aromatic heterocycles. The van der Waals surface area contributed by atoms with Crippen LogP contribution in [0.5, 0.6) is 0 Å². The van der Waals surface area contributed by atoms with Crippen molar-refractivity contribution in [3.8, 4) is 0 Å². The number of nitrogens with zero attached hydrogens (tertiary/aromatic N) is 1. The fourth-order valence-corrected chi connectivity index (χ4v) is 3.57. The van der Waals surface area contributed by atoms with Gasteiger partial charge in [0.1, 0.15) is 11.4 Å². The van der Waals surface area contributed by atoms with Gasteiger partial charge < -0.3 is 18.4 Å². The van der Waals surface area contributed by atoms with Crippen LogP contribution in [0.2, 0.25) is 0 Å². The Hall–Kier alpha value is -2.02. The summed E-state index contributed by atoms with van der Waals surface area (Å²) >= 11 is 0. The Morgan fingerprint density at radius 2 is 1.86 bits per heavy atom. The fraction of sp³-hybridized carbons (Fsp3) is 0.750. The SMILES string of the molecule is COC(=O)C1C2OCC=C(OS(=O)(=O)C(F)(F)F)C[C@H]2CN1C(=O)OC(C)(C)C. The number of carbonyl (C=O) groups is 2. The van der Waals surface area contributed by atoms with E-state index in [0.29, 0.717) is 0 Å². The second-order valence-electron chi connectivity index (χ2n) is 7.52. The molecule has 2 rings (SSSR count). The van der Waals surface area contributed by atoms with Crippen molar-refractivity contribution in [3.63, 3.8) is 0 Å². The number of allylic oxidation sites excluding steroid dienone is 1. The Labute approximate surface area is 165 Å². The first-order valence-corrected chi connectivity index (χ1v) is 9.96. The molecule has 2 heterocycles. The smallest absolute Gasteiger partial charge is 0.467 e. The molecule has 29 heavy (non-hydrogen) atoms. The van der Waals surface area contributed by atoms with Crippen LogP contribution < -0.4 is 0 Å². The number of fused-ring (bicyclic) bond motifs is 1. The summed E-state index contributed by atoms with van der Waals surface area (Å²) in [5.74, 6) is -2.00. The highest BCUT2D eigenvalue weighted by Crippen LogP contribution is 2.37.